The molecule has 2 unspecified atom stereocenters. The molecular formula is C24H28ClF3N4O2. The molecule has 4 rings (SSSR count). The molecule has 0 amide bonds. The lowest BCUT2D eigenvalue weighted by atomic mass is 9.97. The van der Waals surface area contributed by atoms with Gasteiger partial charge in [-0.2, -0.15) is 13.2 Å². The lowest BCUT2D eigenvalue weighted by molar-refractivity contribution is -0.137. The predicted octanol–water partition coefficient (Wildman–Crippen LogP) is 4.72. The van der Waals surface area contributed by atoms with E-state index in [-0.39, 0.29) is 23.1 Å². The standard InChI is InChI=1S/C24H28ClF3N4O2/c1-14(16-4-3-5-17(12-16)24(26,27)28)29-22-18-10-15(11-19(18)30-23(25)31-22)6-7-20(33)21-13-32(2)8-9-34-21/h3-5,12,14-15,21H,6-11,13H2,1-2H3,(H,29,30,31)/t14-,15?,21?/m1/s1. The van der Waals surface area contributed by atoms with Crippen LogP contribution in [0.2, 0.25) is 5.28 Å². The Morgan fingerprint density at radius 3 is 2.85 bits per heavy atom. The number of likely N-dealkylation sites (N-methyl/N-ethyl adjacent to an activating group) is 1. The normalized spacial score (nSPS) is 21.8. The third-order valence-corrected chi connectivity index (χ3v) is 6.70. The lowest BCUT2D eigenvalue weighted by Crippen LogP contribution is -2.44. The molecule has 1 aromatic carbocycles. The van der Waals surface area contributed by atoms with Gasteiger partial charge in [-0.1, -0.05) is 12.1 Å². The van der Waals surface area contributed by atoms with Gasteiger partial charge in [-0.15, -0.1) is 0 Å². The number of hydrogen-bond donors (Lipinski definition) is 1. The lowest BCUT2D eigenvalue weighted by Gasteiger charge is -2.29. The van der Waals surface area contributed by atoms with Crippen LogP contribution in [0.5, 0.6) is 0 Å². The molecule has 1 aliphatic carbocycles. The van der Waals surface area contributed by atoms with E-state index >= 15 is 0 Å². The molecule has 0 bridgehead atoms. The van der Waals surface area contributed by atoms with Crippen LogP contribution in [-0.4, -0.2) is 53.5 Å². The maximum absolute atomic E-state index is 13.1. The number of ketones is 1. The number of nitrogens with one attached hydrogen (secondary N) is 1. The van der Waals surface area contributed by atoms with Crippen molar-refractivity contribution in [3.8, 4) is 0 Å². The van der Waals surface area contributed by atoms with Gasteiger partial charge in [0.1, 0.15) is 11.9 Å². The van der Waals surface area contributed by atoms with Crippen molar-refractivity contribution in [2.75, 3.05) is 32.1 Å². The largest absolute Gasteiger partial charge is 0.416 e. The Morgan fingerprint density at radius 1 is 1.32 bits per heavy atom. The molecule has 2 aliphatic rings. The molecule has 3 atom stereocenters. The molecule has 1 saturated heterocycles. The highest BCUT2D eigenvalue weighted by Crippen LogP contribution is 2.36. The van der Waals surface area contributed by atoms with Gasteiger partial charge in [0, 0.05) is 31.1 Å². The summed E-state index contributed by atoms with van der Waals surface area (Å²) in [4.78, 5) is 23.4. The van der Waals surface area contributed by atoms with Crippen LogP contribution in [-0.2, 0) is 28.5 Å². The van der Waals surface area contributed by atoms with Crippen molar-refractivity contribution in [2.45, 2.75) is 50.9 Å². The smallest absolute Gasteiger partial charge is 0.368 e. The van der Waals surface area contributed by atoms with Crippen LogP contribution in [0.25, 0.3) is 0 Å². The van der Waals surface area contributed by atoms with Crippen LogP contribution in [0.4, 0.5) is 19.0 Å². The van der Waals surface area contributed by atoms with E-state index in [2.05, 4.69) is 20.2 Å². The molecule has 1 N–H and O–H groups in total. The van der Waals surface area contributed by atoms with Crippen LogP contribution in [0, 0.1) is 5.92 Å². The number of hydrogen-bond acceptors (Lipinski definition) is 6. The number of benzene rings is 1. The summed E-state index contributed by atoms with van der Waals surface area (Å²) in [5.74, 6) is 0.867. The zero-order valence-corrected chi connectivity index (χ0v) is 19.9. The van der Waals surface area contributed by atoms with E-state index in [1.807, 2.05) is 7.05 Å². The van der Waals surface area contributed by atoms with Crippen LogP contribution in [0.3, 0.4) is 0 Å². The van der Waals surface area contributed by atoms with Crippen LogP contribution in [0.15, 0.2) is 24.3 Å². The Balaban J connectivity index is 1.41. The maximum Gasteiger partial charge on any atom is 0.416 e. The van der Waals surface area contributed by atoms with Crippen LogP contribution < -0.4 is 5.32 Å². The summed E-state index contributed by atoms with van der Waals surface area (Å²) in [6.45, 7) is 3.79. The van der Waals surface area contributed by atoms with E-state index < -0.39 is 17.8 Å². The first kappa shape index (κ1) is 24.9. The van der Waals surface area contributed by atoms with Crippen molar-refractivity contribution >= 4 is 23.2 Å². The second kappa shape index (κ2) is 10.2. The molecule has 184 valence electrons. The summed E-state index contributed by atoms with van der Waals surface area (Å²) in [5.41, 5.74) is 1.54. The number of ether oxygens (including phenoxy) is 1. The molecule has 0 saturated carbocycles. The number of fused-ring (bicyclic) bond motifs is 1. The van der Waals surface area contributed by atoms with Gasteiger partial charge < -0.3 is 15.0 Å². The minimum Gasteiger partial charge on any atom is -0.368 e. The van der Waals surface area contributed by atoms with Gasteiger partial charge in [-0.25, -0.2) is 9.97 Å². The molecule has 1 aromatic heterocycles. The van der Waals surface area contributed by atoms with Crippen molar-refractivity contribution in [2.24, 2.45) is 5.92 Å². The highest BCUT2D eigenvalue weighted by atomic mass is 35.5. The Kier molecular flexibility index (Phi) is 7.45. The van der Waals surface area contributed by atoms with E-state index in [4.69, 9.17) is 16.3 Å². The third-order valence-electron chi connectivity index (χ3n) is 6.54. The van der Waals surface area contributed by atoms with Gasteiger partial charge in [-0.3, -0.25) is 4.79 Å². The Hall–Kier alpha value is -2.23. The monoisotopic (exact) mass is 496 g/mol. The second-order valence-corrected chi connectivity index (χ2v) is 9.49. The fourth-order valence-corrected chi connectivity index (χ4v) is 4.78. The molecule has 2 heterocycles. The fraction of sp³-hybridized carbons (Fsp3) is 0.542. The summed E-state index contributed by atoms with van der Waals surface area (Å²) in [6.07, 6.45) is -2.27. The van der Waals surface area contributed by atoms with Crippen molar-refractivity contribution in [1.82, 2.24) is 14.9 Å². The molecule has 0 spiro atoms. The van der Waals surface area contributed by atoms with Gasteiger partial charge in [0.2, 0.25) is 5.28 Å². The number of Topliss-reactive ketones (excluding diaryl/α,β-unsaturated/α-hetero) is 1. The van der Waals surface area contributed by atoms with E-state index in [1.165, 1.54) is 6.07 Å². The summed E-state index contributed by atoms with van der Waals surface area (Å²) < 4.78 is 45.0. The van der Waals surface area contributed by atoms with E-state index in [1.54, 1.807) is 13.0 Å². The number of carbonyl (C=O) groups is 1. The number of carbonyl (C=O) groups excluding carboxylic acids is 1. The number of halogens is 4. The number of aromatic nitrogens is 2. The molecule has 6 nitrogen and oxygen atoms in total. The Bertz CT molecular complexity index is 1050. The van der Waals surface area contributed by atoms with Gasteiger partial charge in [-0.05, 0) is 68.4 Å². The number of rotatable bonds is 7. The van der Waals surface area contributed by atoms with Crippen molar-refractivity contribution in [3.63, 3.8) is 0 Å². The van der Waals surface area contributed by atoms with Gasteiger partial charge in [0.15, 0.2) is 5.78 Å². The highest BCUT2D eigenvalue weighted by molar-refractivity contribution is 6.28. The fourth-order valence-electron chi connectivity index (χ4n) is 4.59. The molecule has 10 heteroatoms. The summed E-state index contributed by atoms with van der Waals surface area (Å²) in [6, 6.07) is 4.82. The van der Waals surface area contributed by atoms with Crippen molar-refractivity contribution in [3.05, 3.63) is 51.9 Å². The van der Waals surface area contributed by atoms with Gasteiger partial charge in [0.25, 0.3) is 0 Å². The van der Waals surface area contributed by atoms with Crippen LogP contribution in [0.1, 0.15) is 48.2 Å². The molecule has 2 aromatic rings. The van der Waals surface area contributed by atoms with Crippen molar-refractivity contribution < 1.29 is 22.7 Å². The summed E-state index contributed by atoms with van der Waals surface area (Å²) in [5, 5.41) is 3.32. The van der Waals surface area contributed by atoms with Crippen molar-refractivity contribution in [1.29, 1.82) is 0 Å². The zero-order valence-electron chi connectivity index (χ0n) is 19.2. The molecule has 0 radical (unpaired) electrons. The quantitative estimate of drug-likeness (QED) is 0.560. The average Bonchev–Trinajstić information content (AvgIpc) is 3.20. The average molecular weight is 497 g/mol. The molecular weight excluding hydrogens is 469 g/mol. The van der Waals surface area contributed by atoms with Crippen LogP contribution >= 0.6 is 11.6 Å². The Labute approximate surface area is 201 Å². The zero-order chi connectivity index (χ0) is 24.5. The summed E-state index contributed by atoms with van der Waals surface area (Å²) in [7, 11) is 1.98. The second-order valence-electron chi connectivity index (χ2n) is 9.16. The minimum atomic E-state index is -4.40. The van der Waals surface area contributed by atoms with E-state index in [0.29, 0.717) is 50.2 Å². The topological polar surface area (TPSA) is 67.4 Å². The highest BCUT2D eigenvalue weighted by Gasteiger charge is 2.32. The molecule has 34 heavy (non-hydrogen) atoms. The minimum absolute atomic E-state index is 0.0906. The predicted molar refractivity (Wildman–Crippen MR) is 123 cm³/mol. The van der Waals surface area contributed by atoms with Gasteiger partial charge in [0.05, 0.1) is 17.9 Å². The first-order valence-corrected chi connectivity index (χ1v) is 11.8. The molecule has 1 aliphatic heterocycles. The Morgan fingerprint density at radius 2 is 2.12 bits per heavy atom. The first-order chi connectivity index (χ1) is 16.1. The third kappa shape index (κ3) is 5.87. The van der Waals surface area contributed by atoms with Gasteiger partial charge >= 0.3 is 6.18 Å². The maximum atomic E-state index is 13.1. The summed E-state index contributed by atoms with van der Waals surface area (Å²) >= 11 is 6.15. The number of alkyl halides is 3. The number of nitrogens with zero attached hydrogens (tertiary/aromatic N) is 3. The van der Waals surface area contributed by atoms with E-state index in [9.17, 15) is 18.0 Å². The number of anilines is 1. The first-order valence-electron chi connectivity index (χ1n) is 11.4. The van der Waals surface area contributed by atoms with E-state index in [0.717, 1.165) is 29.9 Å². The SMILES string of the molecule is C[C@@H](Nc1nc(Cl)nc2c1CC(CCC(=O)C1CN(C)CCO1)C2)c1cccc(C(F)(F)F)c1. The molecule has 1 fully saturated rings. The number of morpholine rings is 1.